The third kappa shape index (κ3) is 4.76. The van der Waals surface area contributed by atoms with Crippen LogP contribution in [-0.2, 0) is 10.0 Å². The van der Waals surface area contributed by atoms with Crippen LogP contribution in [0.1, 0.15) is 44.9 Å². The van der Waals surface area contributed by atoms with Crippen LogP contribution in [0.5, 0.6) is 5.75 Å². The van der Waals surface area contributed by atoms with Crippen LogP contribution in [0, 0.1) is 0 Å². The number of benzene rings is 2. The predicted molar refractivity (Wildman–Crippen MR) is 124 cm³/mol. The molecule has 1 saturated carbocycles. The van der Waals surface area contributed by atoms with E-state index < -0.39 is 15.5 Å². The summed E-state index contributed by atoms with van der Waals surface area (Å²) in [6, 6.07) is 17.3. The predicted octanol–water partition coefficient (Wildman–Crippen LogP) is 5.34. The Morgan fingerprint density at radius 2 is 1.67 bits per heavy atom. The Bertz CT molecular complexity index is 917. The van der Waals surface area contributed by atoms with Crippen LogP contribution >= 0.6 is 12.4 Å². The van der Waals surface area contributed by atoms with Gasteiger partial charge in [0.15, 0.2) is 0 Å². The minimum atomic E-state index is -3.66. The Balaban J connectivity index is 0.00000256. The topological polar surface area (TPSA) is 49.9 Å². The summed E-state index contributed by atoms with van der Waals surface area (Å²) in [6.45, 7) is 0.896. The van der Waals surface area contributed by atoms with Gasteiger partial charge < -0.3 is 9.64 Å². The third-order valence-electron chi connectivity index (χ3n) is 6.07. The van der Waals surface area contributed by atoms with E-state index in [0.717, 1.165) is 13.0 Å². The molecule has 0 radical (unpaired) electrons. The first-order valence-electron chi connectivity index (χ1n) is 10.6. The maximum atomic E-state index is 13.4. The van der Waals surface area contributed by atoms with Crippen LogP contribution in [-0.4, -0.2) is 38.4 Å². The molecule has 2 aliphatic rings. The van der Waals surface area contributed by atoms with Gasteiger partial charge in [0.1, 0.15) is 5.75 Å². The van der Waals surface area contributed by atoms with Gasteiger partial charge in [0.25, 0.3) is 10.0 Å². The number of sulfonamides is 1. The summed E-state index contributed by atoms with van der Waals surface area (Å²) in [5, 5.41) is 0. The van der Waals surface area contributed by atoms with E-state index in [1.807, 2.05) is 48.5 Å². The van der Waals surface area contributed by atoms with Gasteiger partial charge in [-0.3, -0.25) is 0 Å². The van der Waals surface area contributed by atoms with Crippen molar-refractivity contribution in [2.24, 2.45) is 0 Å². The van der Waals surface area contributed by atoms with Crippen LogP contribution in [0.25, 0.3) is 0 Å². The van der Waals surface area contributed by atoms with Crippen LogP contribution in [0.15, 0.2) is 54.6 Å². The maximum absolute atomic E-state index is 13.4. The van der Waals surface area contributed by atoms with Gasteiger partial charge in [0.2, 0.25) is 5.44 Å². The Labute approximate surface area is 186 Å². The highest BCUT2D eigenvalue weighted by Gasteiger charge is 2.40. The van der Waals surface area contributed by atoms with Crippen molar-refractivity contribution in [3.05, 3.63) is 54.6 Å². The number of rotatable bonds is 6. The number of fused-ring (bicyclic) bond motifs is 1. The fourth-order valence-electron chi connectivity index (χ4n) is 4.45. The highest BCUT2D eigenvalue weighted by atomic mass is 35.5. The van der Waals surface area contributed by atoms with Crippen LogP contribution < -0.4 is 9.04 Å². The molecule has 1 heterocycles. The highest BCUT2D eigenvalue weighted by molar-refractivity contribution is 7.93. The van der Waals surface area contributed by atoms with Gasteiger partial charge >= 0.3 is 0 Å². The molecule has 2 aromatic carbocycles. The minimum Gasteiger partial charge on any atom is -0.470 e. The molecule has 7 heteroatoms. The van der Waals surface area contributed by atoms with Gasteiger partial charge in [-0.1, -0.05) is 49.6 Å². The summed E-state index contributed by atoms with van der Waals surface area (Å²) in [5.74, 6) is 0.622. The zero-order chi connectivity index (χ0) is 20.3. The molecule has 1 fully saturated rings. The van der Waals surface area contributed by atoms with E-state index in [4.69, 9.17) is 4.74 Å². The summed E-state index contributed by atoms with van der Waals surface area (Å²) < 4.78 is 34.3. The van der Waals surface area contributed by atoms with E-state index >= 15 is 0 Å². The van der Waals surface area contributed by atoms with Crippen molar-refractivity contribution in [3.8, 4) is 5.75 Å². The van der Waals surface area contributed by atoms with Crippen molar-refractivity contribution in [1.82, 2.24) is 4.90 Å². The van der Waals surface area contributed by atoms with Crippen LogP contribution in [0.3, 0.4) is 0 Å². The number of hydrogen-bond acceptors (Lipinski definition) is 4. The molecular formula is C23H31ClN2O3S. The molecular weight excluding hydrogens is 420 g/mol. The lowest BCUT2D eigenvalue weighted by Crippen LogP contribution is -2.43. The lowest BCUT2D eigenvalue weighted by atomic mass is 9.94. The van der Waals surface area contributed by atoms with E-state index in [-0.39, 0.29) is 12.4 Å². The number of anilines is 2. The first-order chi connectivity index (χ1) is 14.1. The SMILES string of the molecule is CN(CCCC1Oc2ccccc2N(c2ccccc2)S1(=O)=O)C1CCCCC1.Cl. The monoisotopic (exact) mass is 450 g/mol. The molecule has 0 amide bonds. The molecule has 0 bridgehead atoms. The van der Waals surface area contributed by atoms with Crippen LogP contribution in [0.2, 0.25) is 0 Å². The van der Waals surface area contributed by atoms with Gasteiger partial charge in [-0.15, -0.1) is 12.4 Å². The summed E-state index contributed by atoms with van der Waals surface area (Å²) in [6.07, 6.45) is 7.73. The Hall–Kier alpha value is -1.76. The van der Waals surface area contributed by atoms with Gasteiger partial charge in [-0.2, -0.15) is 0 Å². The number of nitrogens with zero attached hydrogens (tertiary/aromatic N) is 2. The van der Waals surface area contributed by atoms with Crippen molar-refractivity contribution >= 4 is 33.8 Å². The highest BCUT2D eigenvalue weighted by Crippen LogP contribution is 2.42. The lowest BCUT2D eigenvalue weighted by Gasteiger charge is -2.36. The molecule has 0 saturated heterocycles. The molecule has 0 spiro atoms. The molecule has 164 valence electrons. The van der Waals surface area contributed by atoms with Crippen molar-refractivity contribution in [2.45, 2.75) is 56.4 Å². The fourth-order valence-corrected chi connectivity index (χ4v) is 6.22. The first kappa shape index (κ1) is 22.9. The summed E-state index contributed by atoms with van der Waals surface area (Å²) >= 11 is 0. The number of ether oxygens (including phenoxy) is 1. The number of para-hydroxylation sites is 3. The molecule has 30 heavy (non-hydrogen) atoms. The summed E-state index contributed by atoms with van der Waals surface area (Å²) in [5.41, 5.74) is 0.360. The lowest BCUT2D eigenvalue weighted by molar-refractivity contribution is 0.179. The average molecular weight is 451 g/mol. The van der Waals surface area contributed by atoms with Gasteiger partial charge in [0.05, 0.1) is 11.4 Å². The normalized spacial score (nSPS) is 20.9. The molecule has 1 atom stereocenters. The zero-order valence-electron chi connectivity index (χ0n) is 17.4. The number of hydrogen-bond donors (Lipinski definition) is 0. The Kier molecular flexibility index (Phi) is 7.66. The smallest absolute Gasteiger partial charge is 0.277 e. The minimum absolute atomic E-state index is 0. The average Bonchev–Trinajstić information content (AvgIpc) is 2.75. The summed E-state index contributed by atoms with van der Waals surface area (Å²) in [4.78, 5) is 2.40. The van der Waals surface area contributed by atoms with Crippen molar-refractivity contribution in [3.63, 3.8) is 0 Å². The second-order valence-corrected chi connectivity index (χ2v) is 10.00. The van der Waals surface area contributed by atoms with Crippen molar-refractivity contribution in [1.29, 1.82) is 0 Å². The van der Waals surface area contributed by atoms with E-state index in [2.05, 4.69) is 11.9 Å². The fraction of sp³-hybridized carbons (Fsp3) is 0.478. The molecule has 1 unspecified atom stereocenters. The molecule has 5 nitrogen and oxygen atoms in total. The van der Waals surface area contributed by atoms with E-state index in [1.54, 1.807) is 6.07 Å². The number of halogens is 1. The molecule has 1 aliphatic carbocycles. The quantitative estimate of drug-likeness (QED) is 0.596. The van der Waals surface area contributed by atoms with E-state index in [0.29, 0.717) is 29.6 Å². The van der Waals surface area contributed by atoms with E-state index in [1.165, 1.54) is 36.4 Å². The standard InChI is InChI=1S/C23H30N2O3S.ClH/c1-24(19-11-4-2-5-12-19)18-10-17-23-28-22-16-9-8-15-21(22)25(29(23,26)27)20-13-6-3-7-14-20;/h3,6-9,13-16,19,23H,2,4-5,10-12,17-18H2,1H3;1H. The Morgan fingerprint density at radius 1 is 1.00 bits per heavy atom. The van der Waals surface area contributed by atoms with Gasteiger partial charge in [0, 0.05) is 12.5 Å². The van der Waals surface area contributed by atoms with Gasteiger partial charge in [-0.25, -0.2) is 12.7 Å². The molecule has 1 aliphatic heterocycles. The van der Waals surface area contributed by atoms with Crippen LogP contribution in [0.4, 0.5) is 11.4 Å². The van der Waals surface area contributed by atoms with E-state index in [9.17, 15) is 8.42 Å². The van der Waals surface area contributed by atoms with Crippen molar-refractivity contribution in [2.75, 3.05) is 17.9 Å². The largest absolute Gasteiger partial charge is 0.470 e. The molecule has 0 N–H and O–H groups in total. The van der Waals surface area contributed by atoms with Gasteiger partial charge in [-0.05, 0) is 57.1 Å². The second kappa shape index (κ2) is 10.0. The first-order valence-corrected chi connectivity index (χ1v) is 12.1. The second-order valence-electron chi connectivity index (χ2n) is 8.07. The molecule has 2 aromatic rings. The third-order valence-corrected chi connectivity index (χ3v) is 7.98. The van der Waals surface area contributed by atoms with Crippen molar-refractivity contribution < 1.29 is 13.2 Å². The Morgan fingerprint density at radius 3 is 2.40 bits per heavy atom. The zero-order valence-corrected chi connectivity index (χ0v) is 19.1. The maximum Gasteiger partial charge on any atom is 0.277 e. The summed E-state index contributed by atoms with van der Waals surface area (Å²) in [7, 11) is -1.50. The molecule has 4 rings (SSSR count). The molecule has 0 aromatic heterocycles.